The van der Waals surface area contributed by atoms with E-state index in [1.54, 1.807) is 0 Å². The quantitative estimate of drug-likeness (QED) is 0.401. The van der Waals surface area contributed by atoms with Gasteiger partial charge in [0.15, 0.2) is 0 Å². The van der Waals surface area contributed by atoms with Crippen molar-refractivity contribution in [2.75, 3.05) is 18.1 Å². The van der Waals surface area contributed by atoms with E-state index in [0.29, 0.717) is 4.90 Å². The van der Waals surface area contributed by atoms with Gasteiger partial charge in [-0.05, 0) is 41.5 Å². The first-order valence-electron chi connectivity index (χ1n) is 11.0. The molecular formula is C26H20ClF3N2O3. The number of carbonyl (C=O) groups excluding carboxylic acids is 2. The van der Waals surface area contributed by atoms with Crippen LogP contribution in [0.2, 0.25) is 5.02 Å². The SMILES string of the molecule is CCOC(=O)C1=CCN2C(=O)N(Cc3cccc4ccccc34)c3ccc(Cl)cc3C12C(F)(F)F. The van der Waals surface area contributed by atoms with Gasteiger partial charge >= 0.3 is 18.2 Å². The lowest BCUT2D eigenvalue weighted by Crippen LogP contribution is -2.64. The van der Waals surface area contributed by atoms with Crippen LogP contribution < -0.4 is 4.90 Å². The second-order valence-corrected chi connectivity index (χ2v) is 8.76. The zero-order chi connectivity index (χ0) is 25.0. The average molecular weight is 501 g/mol. The smallest absolute Gasteiger partial charge is 0.420 e. The van der Waals surface area contributed by atoms with Gasteiger partial charge in [-0.25, -0.2) is 9.59 Å². The first kappa shape index (κ1) is 23.2. The highest BCUT2D eigenvalue weighted by molar-refractivity contribution is 6.30. The fraction of sp³-hybridized carbons (Fsp3) is 0.231. The molecule has 0 bridgehead atoms. The minimum Gasteiger partial charge on any atom is -0.463 e. The van der Waals surface area contributed by atoms with Crippen LogP contribution in [-0.4, -0.2) is 36.2 Å². The molecule has 0 fully saturated rings. The van der Waals surface area contributed by atoms with E-state index in [4.69, 9.17) is 16.3 Å². The number of carbonyl (C=O) groups is 2. The van der Waals surface area contributed by atoms with Crippen LogP contribution in [0.5, 0.6) is 0 Å². The zero-order valence-corrected chi connectivity index (χ0v) is 19.4. The van der Waals surface area contributed by atoms with Gasteiger partial charge in [-0.2, -0.15) is 13.2 Å². The summed E-state index contributed by atoms with van der Waals surface area (Å²) in [5.41, 5.74) is -3.10. The van der Waals surface area contributed by atoms with Gasteiger partial charge in [0.25, 0.3) is 0 Å². The number of rotatable bonds is 4. The van der Waals surface area contributed by atoms with Crippen molar-refractivity contribution in [2.45, 2.75) is 25.2 Å². The van der Waals surface area contributed by atoms with Gasteiger partial charge in [0.05, 0.1) is 24.4 Å². The molecule has 3 aromatic rings. The van der Waals surface area contributed by atoms with Gasteiger partial charge in [0.2, 0.25) is 5.54 Å². The first-order valence-corrected chi connectivity index (χ1v) is 11.4. The summed E-state index contributed by atoms with van der Waals surface area (Å²) < 4.78 is 49.9. The molecule has 0 spiro atoms. The molecule has 2 aliphatic rings. The number of anilines is 1. The fourth-order valence-corrected chi connectivity index (χ4v) is 5.23. The van der Waals surface area contributed by atoms with Crippen LogP contribution in [0.4, 0.5) is 23.7 Å². The summed E-state index contributed by atoms with van der Waals surface area (Å²) >= 11 is 6.17. The van der Waals surface area contributed by atoms with E-state index < -0.39 is 35.8 Å². The van der Waals surface area contributed by atoms with Gasteiger partial charge in [-0.3, -0.25) is 9.80 Å². The van der Waals surface area contributed by atoms with Gasteiger partial charge in [0.1, 0.15) is 0 Å². The molecule has 5 nitrogen and oxygen atoms in total. The molecule has 0 aromatic heterocycles. The lowest BCUT2D eigenvalue weighted by molar-refractivity contribution is -0.212. The van der Waals surface area contributed by atoms with E-state index >= 15 is 0 Å². The number of hydrogen-bond acceptors (Lipinski definition) is 3. The third-order valence-electron chi connectivity index (χ3n) is 6.49. The maximum atomic E-state index is 15.0. The number of amides is 2. The number of esters is 1. The molecule has 2 aliphatic heterocycles. The first-order chi connectivity index (χ1) is 16.7. The summed E-state index contributed by atoms with van der Waals surface area (Å²) in [5, 5.41) is 1.89. The molecule has 2 amide bonds. The molecule has 1 atom stereocenters. The molecule has 0 saturated heterocycles. The van der Waals surface area contributed by atoms with Crippen molar-refractivity contribution in [3.63, 3.8) is 0 Å². The highest BCUT2D eigenvalue weighted by atomic mass is 35.5. The predicted molar refractivity (Wildman–Crippen MR) is 126 cm³/mol. The minimum atomic E-state index is -5.01. The Balaban J connectivity index is 1.72. The van der Waals surface area contributed by atoms with E-state index in [-0.39, 0.29) is 29.4 Å². The Morgan fingerprint density at radius 3 is 2.60 bits per heavy atom. The van der Waals surface area contributed by atoms with Crippen LogP contribution in [0, 0.1) is 0 Å². The molecular weight excluding hydrogens is 481 g/mol. The summed E-state index contributed by atoms with van der Waals surface area (Å²) in [4.78, 5) is 28.4. The largest absolute Gasteiger partial charge is 0.463 e. The molecule has 3 aromatic carbocycles. The molecule has 35 heavy (non-hydrogen) atoms. The van der Waals surface area contributed by atoms with E-state index in [9.17, 15) is 22.8 Å². The van der Waals surface area contributed by atoms with Gasteiger partial charge in [0, 0.05) is 17.1 Å². The number of alkyl halides is 3. The van der Waals surface area contributed by atoms with Crippen molar-refractivity contribution in [1.82, 2.24) is 4.90 Å². The van der Waals surface area contributed by atoms with E-state index in [1.165, 1.54) is 30.0 Å². The number of urea groups is 1. The number of fused-ring (bicyclic) bond motifs is 4. The molecule has 2 heterocycles. The summed E-state index contributed by atoms with van der Waals surface area (Å²) in [7, 11) is 0. The minimum absolute atomic E-state index is 0.0357. The van der Waals surface area contributed by atoms with Crippen molar-refractivity contribution >= 4 is 40.1 Å². The molecule has 9 heteroatoms. The van der Waals surface area contributed by atoms with Gasteiger partial charge in [-0.15, -0.1) is 0 Å². The zero-order valence-electron chi connectivity index (χ0n) is 18.6. The number of nitrogens with zero attached hydrogens (tertiary/aromatic N) is 2. The Labute approximate surface area is 204 Å². The monoisotopic (exact) mass is 500 g/mol. The summed E-state index contributed by atoms with van der Waals surface area (Å²) in [6.07, 6.45) is -3.89. The van der Waals surface area contributed by atoms with E-state index in [2.05, 4.69) is 0 Å². The van der Waals surface area contributed by atoms with Crippen molar-refractivity contribution in [1.29, 1.82) is 0 Å². The highest BCUT2D eigenvalue weighted by Crippen LogP contribution is 2.57. The summed E-state index contributed by atoms with van der Waals surface area (Å²) in [6.45, 7) is 1.04. The van der Waals surface area contributed by atoms with Crippen LogP contribution in [0.25, 0.3) is 10.8 Å². The van der Waals surface area contributed by atoms with Crippen molar-refractivity contribution in [3.05, 3.63) is 88.5 Å². The Hall–Kier alpha value is -3.52. The summed E-state index contributed by atoms with van der Waals surface area (Å²) in [6, 6.07) is 16.3. The Bertz CT molecular complexity index is 1380. The molecule has 0 saturated carbocycles. The molecule has 1 unspecified atom stereocenters. The van der Waals surface area contributed by atoms with E-state index in [1.807, 2.05) is 42.5 Å². The Morgan fingerprint density at radius 2 is 1.86 bits per heavy atom. The maximum absolute atomic E-state index is 15.0. The lowest BCUT2D eigenvalue weighted by Gasteiger charge is -2.49. The lowest BCUT2D eigenvalue weighted by atomic mass is 9.79. The van der Waals surface area contributed by atoms with Gasteiger partial charge < -0.3 is 4.74 Å². The molecule has 5 rings (SSSR count). The second kappa shape index (κ2) is 8.30. The third-order valence-corrected chi connectivity index (χ3v) is 6.72. The average Bonchev–Trinajstić information content (AvgIpc) is 3.24. The standard InChI is InChI=1S/C26H20ClF3N2O3/c1-2-35-23(33)20-12-13-32-24(34)31(15-17-8-5-7-16-6-3-4-9-19(16)17)22-11-10-18(27)14-21(22)25(20,32)26(28,29)30/h3-12,14H,2,13,15H2,1H3. The normalized spacial score (nSPS) is 19.5. The Morgan fingerprint density at radius 1 is 1.11 bits per heavy atom. The maximum Gasteiger partial charge on any atom is 0.420 e. The number of ether oxygens (including phenoxy) is 1. The van der Waals surface area contributed by atoms with E-state index in [0.717, 1.165) is 22.4 Å². The number of hydrogen-bond donors (Lipinski definition) is 0. The highest BCUT2D eigenvalue weighted by Gasteiger charge is 2.70. The molecule has 0 aliphatic carbocycles. The van der Waals surface area contributed by atoms with Crippen molar-refractivity contribution < 1.29 is 27.5 Å². The van der Waals surface area contributed by atoms with Crippen molar-refractivity contribution in [3.8, 4) is 0 Å². The molecule has 0 radical (unpaired) electrons. The van der Waals surface area contributed by atoms with Crippen LogP contribution in [0.1, 0.15) is 18.1 Å². The third kappa shape index (κ3) is 3.38. The number of halogens is 4. The summed E-state index contributed by atoms with van der Waals surface area (Å²) in [5.74, 6) is -1.12. The fourth-order valence-electron chi connectivity index (χ4n) is 5.06. The van der Waals surface area contributed by atoms with Crippen molar-refractivity contribution in [2.24, 2.45) is 0 Å². The van der Waals surface area contributed by atoms with Crippen LogP contribution >= 0.6 is 11.6 Å². The van der Waals surface area contributed by atoms with Crippen LogP contribution in [-0.2, 0) is 21.6 Å². The van der Waals surface area contributed by atoms with Gasteiger partial charge in [-0.1, -0.05) is 60.1 Å². The number of benzene rings is 3. The molecule has 180 valence electrons. The Kier molecular flexibility index (Phi) is 5.51. The molecule has 0 N–H and O–H groups in total. The predicted octanol–water partition coefficient (Wildman–Crippen LogP) is 6.20. The second-order valence-electron chi connectivity index (χ2n) is 8.33. The van der Waals surface area contributed by atoms with Crippen LogP contribution in [0.3, 0.4) is 0 Å². The topological polar surface area (TPSA) is 49.9 Å². The van der Waals surface area contributed by atoms with Crippen LogP contribution in [0.15, 0.2) is 72.3 Å².